The Morgan fingerprint density at radius 2 is 1.72 bits per heavy atom. The third-order valence-electron chi connectivity index (χ3n) is 6.70. The Morgan fingerprint density at radius 3 is 2.36 bits per heavy atom. The number of nitrogens with zero attached hydrogens (tertiary/aromatic N) is 2. The highest BCUT2D eigenvalue weighted by Gasteiger charge is 2.37. The highest BCUT2D eigenvalue weighted by atomic mass is 32.2. The zero-order valence-electron chi connectivity index (χ0n) is 19.2. The second kappa shape index (κ2) is 9.78. The van der Waals surface area contributed by atoms with Gasteiger partial charge in [-0.2, -0.15) is 18.3 Å². The molecule has 9 nitrogen and oxygen atoms in total. The van der Waals surface area contributed by atoms with Crippen LogP contribution in [0.4, 0.5) is 13.2 Å². The van der Waals surface area contributed by atoms with Crippen LogP contribution in [0.25, 0.3) is 0 Å². The number of aromatic nitrogens is 2. The molecule has 1 heterocycles. The molecule has 14 heteroatoms. The number of alkyl halides is 3. The van der Waals surface area contributed by atoms with E-state index in [0.717, 1.165) is 6.07 Å². The van der Waals surface area contributed by atoms with Crippen LogP contribution in [0.1, 0.15) is 61.4 Å². The van der Waals surface area contributed by atoms with E-state index < -0.39 is 64.3 Å². The summed E-state index contributed by atoms with van der Waals surface area (Å²) in [7, 11) is -8.49. The first kappa shape index (κ1) is 26.6. The lowest BCUT2D eigenvalue weighted by atomic mass is 9.93. The molecule has 0 saturated heterocycles. The smallest absolute Gasteiger partial charge is 0.416 e. The molecule has 0 radical (unpaired) electrons. The second-order valence-corrected chi connectivity index (χ2v) is 13.4. The molecule has 198 valence electrons. The van der Waals surface area contributed by atoms with Crippen molar-refractivity contribution in [2.75, 3.05) is 5.88 Å². The monoisotopic (exact) mass is 549 g/mol. The molecule has 0 unspecified atom stereocenters. The molecule has 1 saturated carbocycles. The van der Waals surface area contributed by atoms with Gasteiger partial charge in [-0.25, -0.2) is 16.8 Å². The van der Waals surface area contributed by atoms with Crippen molar-refractivity contribution in [1.29, 1.82) is 0 Å². The average Bonchev–Trinajstić information content (AvgIpc) is 3.48. The van der Waals surface area contributed by atoms with Crippen LogP contribution in [0, 0.1) is 0 Å². The van der Waals surface area contributed by atoms with Gasteiger partial charge in [-0.3, -0.25) is 14.8 Å². The molecule has 4 rings (SSSR count). The summed E-state index contributed by atoms with van der Waals surface area (Å²) in [5.41, 5.74) is -0.0520. The lowest BCUT2D eigenvalue weighted by Crippen LogP contribution is -2.30. The molecule has 0 spiro atoms. The molecular formula is C22H26F3N3O6S2. The summed E-state index contributed by atoms with van der Waals surface area (Å²) in [6.07, 6.45) is 0.157. The predicted molar refractivity (Wildman–Crippen MR) is 122 cm³/mol. The summed E-state index contributed by atoms with van der Waals surface area (Å²) in [4.78, 5) is 9.69. The summed E-state index contributed by atoms with van der Waals surface area (Å²) < 4.78 is 94.2. The Labute approximate surface area is 206 Å². The molecule has 1 atom stereocenters. The van der Waals surface area contributed by atoms with Crippen molar-refractivity contribution in [3.63, 3.8) is 0 Å². The molecule has 0 amide bonds. The molecule has 1 fully saturated rings. The van der Waals surface area contributed by atoms with Crippen LogP contribution >= 0.6 is 0 Å². The molecule has 1 aromatic heterocycles. The largest absolute Gasteiger partial charge is 0.480 e. The maximum Gasteiger partial charge on any atom is 0.416 e. The van der Waals surface area contributed by atoms with Crippen LogP contribution in [-0.4, -0.2) is 48.8 Å². The zero-order chi connectivity index (χ0) is 26.3. The number of fused-ring (bicyclic) bond motifs is 1. The fourth-order valence-corrected chi connectivity index (χ4v) is 8.06. The van der Waals surface area contributed by atoms with Crippen molar-refractivity contribution in [3.8, 4) is 0 Å². The first-order valence-electron chi connectivity index (χ1n) is 11.5. The van der Waals surface area contributed by atoms with Gasteiger partial charge < -0.3 is 5.11 Å². The summed E-state index contributed by atoms with van der Waals surface area (Å²) in [6, 6.07) is 1.28. The molecule has 0 bridgehead atoms. The number of halogens is 3. The quantitative estimate of drug-likeness (QED) is 0.513. The van der Waals surface area contributed by atoms with Gasteiger partial charge in [-0.05, 0) is 50.3 Å². The van der Waals surface area contributed by atoms with Crippen molar-refractivity contribution >= 4 is 25.6 Å². The first-order chi connectivity index (χ1) is 16.8. The predicted octanol–water partition coefficient (Wildman–Crippen LogP) is 3.10. The Hall–Kier alpha value is -2.45. The summed E-state index contributed by atoms with van der Waals surface area (Å²) in [5, 5.41) is 15.1. The zero-order valence-corrected chi connectivity index (χ0v) is 20.8. The van der Waals surface area contributed by atoms with Gasteiger partial charge in [-0.1, -0.05) is 12.8 Å². The average molecular weight is 550 g/mol. The van der Waals surface area contributed by atoms with E-state index in [9.17, 15) is 34.8 Å². The minimum atomic E-state index is -4.93. The van der Waals surface area contributed by atoms with E-state index in [4.69, 9.17) is 5.11 Å². The van der Waals surface area contributed by atoms with E-state index in [1.807, 2.05) is 0 Å². The molecule has 36 heavy (non-hydrogen) atoms. The van der Waals surface area contributed by atoms with Gasteiger partial charge in [0.2, 0.25) is 0 Å². The van der Waals surface area contributed by atoms with Crippen LogP contribution < -0.4 is 5.32 Å². The molecule has 1 aromatic carbocycles. The standard InChI is InChI=1S/C22H26F3N3O6S2/c23-22(24,25)14-8-16(10-17(9-14)36(33,34)15-4-1-2-5-15)35(31,32)13-26-19-6-3-7-20-18(19)11-27-28(20)12-21(29)30/h8-11,15,19,26H,1-7,12-13H2,(H,29,30)/t19-/m1/s1. The number of benzene rings is 1. The minimum absolute atomic E-state index is 0.321. The Bertz CT molecular complexity index is 1360. The van der Waals surface area contributed by atoms with Gasteiger partial charge in [0.05, 0.1) is 26.8 Å². The third-order valence-corrected chi connectivity index (χ3v) is 10.4. The number of carbonyl (C=O) groups is 1. The molecule has 2 aliphatic rings. The highest BCUT2D eigenvalue weighted by Crippen LogP contribution is 2.36. The Morgan fingerprint density at radius 1 is 1.06 bits per heavy atom. The number of aliphatic carboxylic acids is 1. The fourth-order valence-electron chi connectivity index (χ4n) is 4.86. The SMILES string of the molecule is O=C(O)Cn1ncc2c1CCC[C@H]2NCS(=O)(=O)c1cc(C(F)(F)F)cc(S(=O)(=O)C2CCCC2)c1. The van der Waals surface area contributed by atoms with Crippen LogP contribution in [0.15, 0.2) is 34.2 Å². The van der Waals surface area contributed by atoms with E-state index in [-0.39, 0.29) is 6.54 Å². The Balaban J connectivity index is 1.62. The van der Waals surface area contributed by atoms with Gasteiger partial charge in [0.1, 0.15) is 12.4 Å². The number of rotatable bonds is 8. The van der Waals surface area contributed by atoms with Gasteiger partial charge >= 0.3 is 12.1 Å². The third kappa shape index (κ3) is 5.44. The van der Waals surface area contributed by atoms with Gasteiger partial charge in [0.25, 0.3) is 0 Å². The number of hydrogen-bond acceptors (Lipinski definition) is 7. The van der Waals surface area contributed by atoms with E-state index in [1.165, 1.54) is 10.9 Å². The van der Waals surface area contributed by atoms with E-state index in [1.54, 1.807) is 0 Å². The lowest BCUT2D eigenvalue weighted by Gasteiger charge is -2.24. The number of carboxylic acid groups (broad SMARTS) is 1. The molecular weight excluding hydrogens is 523 g/mol. The number of sulfone groups is 2. The number of carboxylic acids is 1. The van der Waals surface area contributed by atoms with E-state index >= 15 is 0 Å². The maximum absolute atomic E-state index is 13.6. The van der Waals surface area contributed by atoms with E-state index in [0.29, 0.717) is 68.3 Å². The van der Waals surface area contributed by atoms with Crippen LogP contribution in [0.2, 0.25) is 0 Å². The van der Waals surface area contributed by atoms with Gasteiger partial charge in [0.15, 0.2) is 19.7 Å². The summed E-state index contributed by atoms with van der Waals surface area (Å²) >= 11 is 0. The normalized spacial score (nSPS) is 19.4. The number of hydrogen-bond donors (Lipinski definition) is 2. The van der Waals surface area contributed by atoms with Gasteiger partial charge in [0, 0.05) is 17.3 Å². The van der Waals surface area contributed by atoms with Crippen molar-refractivity contribution < 1.29 is 39.9 Å². The maximum atomic E-state index is 13.6. The minimum Gasteiger partial charge on any atom is -0.480 e. The summed E-state index contributed by atoms with van der Waals surface area (Å²) in [6.45, 7) is -0.344. The van der Waals surface area contributed by atoms with Crippen molar-refractivity contribution in [3.05, 3.63) is 41.2 Å². The van der Waals surface area contributed by atoms with E-state index in [2.05, 4.69) is 10.4 Å². The number of nitrogens with one attached hydrogen (secondary N) is 1. The van der Waals surface area contributed by atoms with Crippen molar-refractivity contribution in [1.82, 2.24) is 15.1 Å². The highest BCUT2D eigenvalue weighted by molar-refractivity contribution is 7.92. The second-order valence-electron chi connectivity index (χ2n) is 9.15. The topological polar surface area (TPSA) is 135 Å². The van der Waals surface area contributed by atoms with Gasteiger partial charge in [-0.15, -0.1) is 0 Å². The van der Waals surface area contributed by atoms with Crippen molar-refractivity contribution in [2.24, 2.45) is 0 Å². The van der Waals surface area contributed by atoms with Crippen LogP contribution in [0.3, 0.4) is 0 Å². The first-order valence-corrected chi connectivity index (χ1v) is 14.7. The summed E-state index contributed by atoms with van der Waals surface area (Å²) in [5.74, 6) is -1.81. The molecule has 0 aliphatic heterocycles. The van der Waals surface area contributed by atoms with Crippen LogP contribution in [0.5, 0.6) is 0 Å². The molecule has 2 N–H and O–H groups in total. The van der Waals surface area contributed by atoms with Crippen molar-refractivity contribution in [2.45, 2.75) is 78.7 Å². The Kier molecular flexibility index (Phi) is 7.23. The van der Waals surface area contributed by atoms with Crippen LogP contribution in [-0.2, 0) is 43.6 Å². The molecule has 2 aromatic rings. The molecule has 2 aliphatic carbocycles. The fraction of sp³-hybridized carbons (Fsp3) is 0.545. The lowest BCUT2D eigenvalue weighted by molar-refractivity contribution is -0.138.